The second-order valence-corrected chi connectivity index (χ2v) is 7.75. The summed E-state index contributed by atoms with van der Waals surface area (Å²) < 4.78 is 0. The first kappa shape index (κ1) is 20.4. The number of carbonyl (C=O) groups is 1. The highest BCUT2D eigenvalue weighted by atomic mass is 16.4. The van der Waals surface area contributed by atoms with Crippen molar-refractivity contribution < 1.29 is 9.90 Å². The molecule has 0 saturated carbocycles. The molecule has 7 nitrogen and oxygen atoms in total. The predicted octanol–water partition coefficient (Wildman–Crippen LogP) is 4.89. The minimum Gasteiger partial charge on any atom is -0.475 e. The van der Waals surface area contributed by atoms with Crippen LogP contribution in [0.1, 0.15) is 30.0 Å². The highest BCUT2D eigenvalue weighted by Crippen LogP contribution is 2.32. The fraction of sp³-hybridized carbons (Fsp3) is 0.208. The first-order valence-corrected chi connectivity index (χ1v) is 10.1. The third kappa shape index (κ3) is 4.21. The molecule has 3 aromatic heterocycles. The molecule has 0 spiro atoms. The Kier molecular flexibility index (Phi) is 5.58. The van der Waals surface area contributed by atoms with E-state index in [1.807, 2.05) is 66.4 Å². The van der Waals surface area contributed by atoms with Crippen LogP contribution in [0.2, 0.25) is 0 Å². The zero-order valence-corrected chi connectivity index (χ0v) is 17.6. The summed E-state index contributed by atoms with van der Waals surface area (Å²) >= 11 is 0. The van der Waals surface area contributed by atoms with Crippen molar-refractivity contribution in [2.45, 2.75) is 20.8 Å². The van der Waals surface area contributed by atoms with E-state index < -0.39 is 5.97 Å². The van der Waals surface area contributed by atoms with Crippen LogP contribution >= 0.6 is 0 Å². The smallest absolute Gasteiger partial charge is 0.374 e. The Morgan fingerprint density at radius 3 is 2.45 bits per heavy atom. The average Bonchev–Trinajstić information content (AvgIpc) is 2.77. The Labute approximate surface area is 180 Å². The van der Waals surface area contributed by atoms with E-state index in [2.05, 4.69) is 33.8 Å². The Bertz CT molecular complexity index is 1240. The van der Waals surface area contributed by atoms with Crippen molar-refractivity contribution in [3.63, 3.8) is 0 Å². The van der Waals surface area contributed by atoms with E-state index >= 15 is 0 Å². The lowest BCUT2D eigenvalue weighted by atomic mass is 10.1. The molecule has 4 aromatic rings. The Balaban J connectivity index is 1.95. The summed E-state index contributed by atoms with van der Waals surface area (Å²) in [7, 11) is 0. The standard InChI is InChI=1S/C24H23N5O2/c1-15(2)14-29(17-9-5-4-6-10-17)23-18-11-12-19(20-16(3)8-7-13-25-20)26-21(18)27-22(28-23)24(30)31/h4-13,15H,14H2,1-3H3,(H,30,31). The normalized spacial score (nSPS) is 11.1. The van der Waals surface area contributed by atoms with E-state index in [-0.39, 0.29) is 5.82 Å². The van der Waals surface area contributed by atoms with Crippen molar-refractivity contribution in [2.75, 3.05) is 11.4 Å². The summed E-state index contributed by atoms with van der Waals surface area (Å²) in [6, 6.07) is 17.4. The Morgan fingerprint density at radius 2 is 1.77 bits per heavy atom. The molecule has 0 aliphatic carbocycles. The number of fused-ring (bicyclic) bond motifs is 1. The highest BCUT2D eigenvalue weighted by molar-refractivity contribution is 5.94. The summed E-state index contributed by atoms with van der Waals surface area (Å²) in [5.41, 5.74) is 3.62. The van der Waals surface area contributed by atoms with Crippen LogP contribution in [0.15, 0.2) is 60.8 Å². The molecule has 1 aromatic carbocycles. The van der Waals surface area contributed by atoms with Gasteiger partial charge in [0.05, 0.1) is 16.8 Å². The van der Waals surface area contributed by atoms with Crippen LogP contribution in [-0.2, 0) is 0 Å². The molecule has 7 heteroatoms. The van der Waals surface area contributed by atoms with E-state index in [0.717, 1.165) is 16.9 Å². The third-order valence-electron chi connectivity index (χ3n) is 4.85. The quantitative estimate of drug-likeness (QED) is 0.481. The molecular weight excluding hydrogens is 390 g/mol. The maximum absolute atomic E-state index is 11.8. The van der Waals surface area contributed by atoms with Gasteiger partial charge in [0.25, 0.3) is 0 Å². The topological polar surface area (TPSA) is 92.1 Å². The summed E-state index contributed by atoms with van der Waals surface area (Å²) in [5, 5.41) is 10.3. The van der Waals surface area contributed by atoms with Crippen LogP contribution in [0.25, 0.3) is 22.4 Å². The lowest BCUT2D eigenvalue weighted by Gasteiger charge is -2.27. The number of para-hydroxylation sites is 1. The van der Waals surface area contributed by atoms with Gasteiger partial charge in [-0.1, -0.05) is 38.1 Å². The molecule has 0 radical (unpaired) electrons. The Hall–Kier alpha value is -3.87. The molecule has 156 valence electrons. The third-order valence-corrected chi connectivity index (χ3v) is 4.85. The van der Waals surface area contributed by atoms with E-state index in [1.54, 1.807) is 6.20 Å². The van der Waals surface area contributed by atoms with Crippen LogP contribution in [0.3, 0.4) is 0 Å². The lowest BCUT2D eigenvalue weighted by molar-refractivity contribution is 0.0684. The molecule has 1 N–H and O–H groups in total. The molecule has 0 saturated heterocycles. The van der Waals surface area contributed by atoms with Crippen LogP contribution in [-0.4, -0.2) is 37.6 Å². The van der Waals surface area contributed by atoms with Gasteiger partial charge in [-0.15, -0.1) is 0 Å². The number of aromatic nitrogens is 4. The van der Waals surface area contributed by atoms with E-state index in [9.17, 15) is 9.90 Å². The maximum Gasteiger partial charge on any atom is 0.374 e. The molecule has 0 atom stereocenters. The molecular formula is C24H23N5O2. The van der Waals surface area contributed by atoms with Gasteiger partial charge in [-0.25, -0.2) is 19.7 Å². The maximum atomic E-state index is 11.8. The van der Waals surface area contributed by atoms with Crippen molar-refractivity contribution in [2.24, 2.45) is 5.92 Å². The first-order chi connectivity index (χ1) is 14.9. The zero-order chi connectivity index (χ0) is 22.0. The molecule has 0 unspecified atom stereocenters. The van der Waals surface area contributed by atoms with Crippen molar-refractivity contribution in [3.8, 4) is 11.4 Å². The van der Waals surface area contributed by atoms with Crippen LogP contribution in [0, 0.1) is 12.8 Å². The molecule has 0 aliphatic heterocycles. The zero-order valence-electron chi connectivity index (χ0n) is 17.6. The van der Waals surface area contributed by atoms with E-state index in [1.165, 1.54) is 0 Å². The number of aromatic carboxylic acids is 1. The van der Waals surface area contributed by atoms with Gasteiger partial charge in [0.1, 0.15) is 5.82 Å². The largest absolute Gasteiger partial charge is 0.475 e. The van der Waals surface area contributed by atoms with E-state index in [4.69, 9.17) is 0 Å². The van der Waals surface area contributed by atoms with Gasteiger partial charge in [0, 0.05) is 18.4 Å². The molecule has 0 amide bonds. The number of carboxylic acid groups (broad SMARTS) is 1. The molecule has 0 fully saturated rings. The monoisotopic (exact) mass is 413 g/mol. The summed E-state index contributed by atoms with van der Waals surface area (Å²) in [5.74, 6) is -0.627. The number of nitrogens with zero attached hydrogens (tertiary/aromatic N) is 5. The molecule has 31 heavy (non-hydrogen) atoms. The minimum atomic E-state index is -1.19. The Morgan fingerprint density at radius 1 is 1.00 bits per heavy atom. The van der Waals surface area contributed by atoms with Gasteiger partial charge in [0.15, 0.2) is 5.65 Å². The lowest BCUT2D eigenvalue weighted by Crippen LogP contribution is -2.25. The van der Waals surface area contributed by atoms with Crippen molar-refractivity contribution >= 4 is 28.5 Å². The molecule has 3 heterocycles. The van der Waals surface area contributed by atoms with Gasteiger partial charge in [0.2, 0.25) is 5.82 Å². The summed E-state index contributed by atoms with van der Waals surface area (Å²) in [6.07, 6.45) is 1.71. The number of rotatable bonds is 6. The second-order valence-electron chi connectivity index (χ2n) is 7.75. The number of hydrogen-bond acceptors (Lipinski definition) is 6. The number of benzene rings is 1. The van der Waals surface area contributed by atoms with E-state index in [0.29, 0.717) is 35.0 Å². The van der Waals surface area contributed by atoms with Crippen LogP contribution < -0.4 is 4.90 Å². The highest BCUT2D eigenvalue weighted by Gasteiger charge is 2.21. The fourth-order valence-corrected chi connectivity index (χ4v) is 3.47. The van der Waals surface area contributed by atoms with Crippen LogP contribution in [0.4, 0.5) is 11.5 Å². The predicted molar refractivity (Wildman–Crippen MR) is 121 cm³/mol. The SMILES string of the molecule is Cc1cccnc1-c1ccc2c(N(CC(C)C)c3ccccc3)nc(C(=O)O)nc2n1. The van der Waals surface area contributed by atoms with Crippen molar-refractivity contribution in [1.29, 1.82) is 0 Å². The average molecular weight is 413 g/mol. The van der Waals surface area contributed by atoms with Gasteiger partial charge in [-0.05, 0) is 48.7 Å². The molecule has 0 bridgehead atoms. The molecule has 4 rings (SSSR count). The number of carboxylic acids is 1. The number of pyridine rings is 2. The van der Waals surface area contributed by atoms with Gasteiger partial charge >= 0.3 is 5.97 Å². The molecule has 0 aliphatic rings. The summed E-state index contributed by atoms with van der Waals surface area (Å²) in [6.45, 7) is 6.84. The van der Waals surface area contributed by atoms with Gasteiger partial charge in [-0.2, -0.15) is 0 Å². The van der Waals surface area contributed by atoms with Crippen molar-refractivity contribution in [1.82, 2.24) is 19.9 Å². The minimum absolute atomic E-state index is 0.283. The van der Waals surface area contributed by atoms with Crippen LogP contribution in [0.5, 0.6) is 0 Å². The first-order valence-electron chi connectivity index (χ1n) is 10.1. The fourth-order valence-electron chi connectivity index (χ4n) is 3.47. The van der Waals surface area contributed by atoms with Gasteiger partial charge in [-0.3, -0.25) is 4.98 Å². The number of aryl methyl sites for hydroxylation is 1. The number of anilines is 2. The van der Waals surface area contributed by atoms with Gasteiger partial charge < -0.3 is 10.0 Å². The van der Waals surface area contributed by atoms with Crippen molar-refractivity contribution in [3.05, 3.63) is 72.2 Å². The number of hydrogen-bond donors (Lipinski definition) is 1. The second kappa shape index (κ2) is 8.47. The summed E-state index contributed by atoms with van der Waals surface area (Å²) in [4.78, 5) is 31.6.